The summed E-state index contributed by atoms with van der Waals surface area (Å²) in [6, 6.07) is 0. The van der Waals surface area contributed by atoms with Crippen LogP contribution in [0.4, 0.5) is 0 Å². The molecule has 0 aliphatic carbocycles. The van der Waals surface area contributed by atoms with Crippen molar-refractivity contribution < 1.29 is 27.2 Å². The number of rotatable bonds is 7. The lowest BCUT2D eigenvalue weighted by molar-refractivity contribution is -0.364. The van der Waals surface area contributed by atoms with Crippen LogP contribution in [0.15, 0.2) is 0 Å². The highest BCUT2D eigenvalue weighted by Gasteiger charge is 2.71. The molecular formula is C12H22O6Si. The van der Waals surface area contributed by atoms with Gasteiger partial charge in [-0.3, -0.25) is 0 Å². The van der Waals surface area contributed by atoms with Crippen LogP contribution in [-0.4, -0.2) is 46.5 Å². The first kappa shape index (κ1) is 13.9. The smallest absolute Gasteiger partial charge is 0.375 e. The second kappa shape index (κ2) is 5.07. The van der Waals surface area contributed by atoms with E-state index in [0.29, 0.717) is 12.7 Å². The summed E-state index contributed by atoms with van der Waals surface area (Å²) in [5.74, 6) is -0.570. The van der Waals surface area contributed by atoms with Crippen molar-refractivity contribution in [1.29, 1.82) is 0 Å². The van der Waals surface area contributed by atoms with Crippen molar-refractivity contribution in [3.63, 3.8) is 0 Å². The highest BCUT2D eigenvalue weighted by molar-refractivity contribution is 6.57. The van der Waals surface area contributed by atoms with Gasteiger partial charge in [0.25, 0.3) is 0 Å². The maximum Gasteiger partial charge on any atom is 0.687 e. The van der Waals surface area contributed by atoms with Crippen molar-refractivity contribution >= 4 is 9.05 Å². The Hall–Kier alpha value is -0.0231. The van der Waals surface area contributed by atoms with Gasteiger partial charge in [-0.05, 0) is 26.7 Å². The molecule has 0 N–H and O–H groups in total. The number of hydrogen-bond acceptors (Lipinski definition) is 6. The summed E-state index contributed by atoms with van der Waals surface area (Å²) in [5, 5.41) is 0. The van der Waals surface area contributed by atoms with Gasteiger partial charge in [-0.1, -0.05) is 6.92 Å². The molecule has 3 aliphatic rings. The summed E-state index contributed by atoms with van der Waals surface area (Å²) < 4.78 is 33.2. The van der Waals surface area contributed by atoms with Crippen LogP contribution in [0, 0.1) is 0 Å². The molecule has 3 saturated heterocycles. The molecule has 0 aromatic carbocycles. The number of hydrogen-bond donors (Lipinski definition) is 0. The van der Waals surface area contributed by atoms with Gasteiger partial charge in [0.2, 0.25) is 0 Å². The average molecular weight is 290 g/mol. The molecule has 3 fully saturated rings. The molecule has 19 heavy (non-hydrogen) atoms. The van der Waals surface area contributed by atoms with Crippen LogP contribution < -0.4 is 0 Å². The molecule has 0 radical (unpaired) electrons. The summed E-state index contributed by atoms with van der Waals surface area (Å²) in [7, 11) is -2.66. The minimum absolute atomic E-state index is 0.193. The third-order valence-corrected chi connectivity index (χ3v) is 6.20. The predicted molar refractivity (Wildman–Crippen MR) is 67.0 cm³/mol. The molecule has 3 heterocycles. The first-order valence-electron chi connectivity index (χ1n) is 7.02. The normalized spacial score (nSPS) is 45.6. The van der Waals surface area contributed by atoms with Crippen LogP contribution in [-0.2, 0) is 27.2 Å². The van der Waals surface area contributed by atoms with E-state index < -0.39 is 14.8 Å². The van der Waals surface area contributed by atoms with E-state index in [1.165, 1.54) is 0 Å². The first-order valence-corrected chi connectivity index (χ1v) is 8.65. The molecule has 0 aromatic heterocycles. The fourth-order valence-electron chi connectivity index (χ4n) is 2.39. The van der Waals surface area contributed by atoms with Crippen LogP contribution in [0.25, 0.3) is 0 Å². The first-order chi connectivity index (χ1) is 9.03. The Bertz CT molecular complexity index is 320. The third-order valence-electron chi connectivity index (χ3n) is 3.60. The molecule has 2 atom stereocenters. The van der Waals surface area contributed by atoms with Gasteiger partial charge in [0, 0.05) is 6.42 Å². The van der Waals surface area contributed by atoms with Crippen molar-refractivity contribution in [3.8, 4) is 0 Å². The van der Waals surface area contributed by atoms with E-state index in [1.54, 1.807) is 0 Å². The van der Waals surface area contributed by atoms with Crippen LogP contribution in [0.2, 0.25) is 0 Å². The van der Waals surface area contributed by atoms with Crippen molar-refractivity contribution in [2.45, 2.75) is 64.3 Å². The molecule has 3 rings (SSSR count). The molecule has 0 aromatic rings. The van der Waals surface area contributed by atoms with E-state index in [-0.39, 0.29) is 12.4 Å². The molecular weight excluding hydrogens is 268 g/mol. The van der Waals surface area contributed by atoms with Crippen molar-refractivity contribution in [1.82, 2.24) is 0 Å². The molecule has 1 spiro atoms. The fraction of sp³-hybridized carbons (Fsp3) is 1.00. The standard InChI is InChI=1S/C12H22O6Si/c1-4-10(13-7-11-8-14-11)5-6-12(3)17-19(18-12)15-9(2)16-19/h9-11H,4-8H2,1-3H3. The van der Waals surface area contributed by atoms with E-state index in [4.69, 9.17) is 27.2 Å². The summed E-state index contributed by atoms with van der Waals surface area (Å²) in [4.78, 5) is 0. The molecule has 2 unspecified atom stereocenters. The van der Waals surface area contributed by atoms with Crippen LogP contribution >= 0.6 is 0 Å². The van der Waals surface area contributed by atoms with Crippen molar-refractivity contribution in [2.24, 2.45) is 0 Å². The van der Waals surface area contributed by atoms with Gasteiger partial charge in [0.15, 0.2) is 5.79 Å². The highest BCUT2D eigenvalue weighted by Crippen LogP contribution is 2.45. The Labute approximate surface area is 114 Å². The highest BCUT2D eigenvalue weighted by atomic mass is 28.4. The second-order valence-electron chi connectivity index (χ2n) is 5.50. The lowest BCUT2D eigenvalue weighted by atomic mass is 10.1. The SMILES string of the molecule is CCC(CCC1(C)O[Si]2(OC(C)O2)O1)OCC1CO1. The zero-order valence-corrected chi connectivity index (χ0v) is 12.7. The summed E-state index contributed by atoms with van der Waals surface area (Å²) >= 11 is 0. The van der Waals surface area contributed by atoms with Gasteiger partial charge in [-0.25, -0.2) is 0 Å². The van der Waals surface area contributed by atoms with Gasteiger partial charge < -0.3 is 27.2 Å². The minimum Gasteiger partial charge on any atom is -0.375 e. The Kier molecular flexibility index (Phi) is 3.72. The summed E-state index contributed by atoms with van der Waals surface area (Å²) in [5.41, 5.74) is 0. The van der Waals surface area contributed by atoms with Crippen LogP contribution in [0.1, 0.15) is 40.0 Å². The monoisotopic (exact) mass is 290 g/mol. The van der Waals surface area contributed by atoms with E-state index in [1.807, 2.05) is 13.8 Å². The Morgan fingerprint density at radius 3 is 2.58 bits per heavy atom. The lowest BCUT2D eigenvalue weighted by Crippen LogP contribution is -2.76. The van der Waals surface area contributed by atoms with Crippen molar-refractivity contribution in [3.05, 3.63) is 0 Å². The Morgan fingerprint density at radius 1 is 1.37 bits per heavy atom. The van der Waals surface area contributed by atoms with Crippen molar-refractivity contribution in [2.75, 3.05) is 13.2 Å². The summed E-state index contributed by atoms with van der Waals surface area (Å²) in [6.45, 7) is 7.42. The van der Waals surface area contributed by atoms with E-state index in [2.05, 4.69) is 6.92 Å². The zero-order chi connectivity index (χ0) is 13.5. The number of ether oxygens (including phenoxy) is 2. The fourth-order valence-corrected chi connectivity index (χ4v) is 4.69. The third kappa shape index (κ3) is 3.18. The maximum absolute atomic E-state index is 5.80. The van der Waals surface area contributed by atoms with E-state index in [9.17, 15) is 0 Å². The molecule has 0 bridgehead atoms. The quantitative estimate of drug-likeness (QED) is 0.524. The van der Waals surface area contributed by atoms with Gasteiger partial charge in [0.1, 0.15) is 12.4 Å². The maximum atomic E-state index is 5.80. The average Bonchev–Trinajstić information content (AvgIpc) is 3.09. The molecule has 6 nitrogen and oxygen atoms in total. The molecule has 0 amide bonds. The Balaban J connectivity index is 1.36. The molecule has 7 heteroatoms. The van der Waals surface area contributed by atoms with Gasteiger partial charge in [0.05, 0.1) is 19.3 Å². The minimum atomic E-state index is -2.66. The van der Waals surface area contributed by atoms with Crippen LogP contribution in [0.5, 0.6) is 0 Å². The van der Waals surface area contributed by atoms with Crippen LogP contribution in [0.3, 0.4) is 0 Å². The van der Waals surface area contributed by atoms with Gasteiger partial charge in [-0.2, -0.15) is 0 Å². The zero-order valence-electron chi connectivity index (χ0n) is 11.7. The Morgan fingerprint density at radius 2 is 2.05 bits per heavy atom. The van der Waals surface area contributed by atoms with E-state index >= 15 is 0 Å². The lowest BCUT2D eigenvalue weighted by Gasteiger charge is -2.55. The largest absolute Gasteiger partial charge is 0.687 e. The topological polar surface area (TPSA) is 58.7 Å². The molecule has 110 valence electrons. The van der Waals surface area contributed by atoms with E-state index in [0.717, 1.165) is 25.9 Å². The predicted octanol–water partition coefficient (Wildman–Crippen LogP) is 1.55. The van der Waals surface area contributed by atoms with Gasteiger partial charge in [-0.15, -0.1) is 0 Å². The molecule has 0 saturated carbocycles. The molecule has 3 aliphatic heterocycles. The second-order valence-corrected chi connectivity index (χ2v) is 7.38. The number of epoxide rings is 1. The summed E-state index contributed by atoms with van der Waals surface area (Å²) in [6.07, 6.45) is 3.02. The van der Waals surface area contributed by atoms with Gasteiger partial charge >= 0.3 is 9.05 Å².